The minimum absolute atomic E-state index is 0.315. The number of ether oxygens (including phenoxy) is 2. The summed E-state index contributed by atoms with van der Waals surface area (Å²) < 4.78 is 15.6. The van der Waals surface area contributed by atoms with Crippen LogP contribution in [0.3, 0.4) is 0 Å². The van der Waals surface area contributed by atoms with Crippen molar-refractivity contribution < 1.29 is 9.47 Å². The fourth-order valence-corrected chi connectivity index (χ4v) is 11.2. The number of H-pyrrole nitrogens is 2. The number of benzene rings is 2. The van der Waals surface area contributed by atoms with Crippen molar-refractivity contribution >= 4 is 55.5 Å². The van der Waals surface area contributed by atoms with Crippen molar-refractivity contribution in [1.29, 1.82) is 0 Å². The van der Waals surface area contributed by atoms with Gasteiger partial charge in [0.2, 0.25) is 0 Å². The Morgan fingerprint density at radius 3 is 1.35 bits per heavy atom. The van der Waals surface area contributed by atoms with Gasteiger partial charge in [0.25, 0.3) is 0 Å². The third kappa shape index (κ3) is 9.56. The van der Waals surface area contributed by atoms with E-state index in [-0.39, 0.29) is 0 Å². The van der Waals surface area contributed by atoms with E-state index in [1.165, 1.54) is 11.1 Å². The van der Waals surface area contributed by atoms with Crippen molar-refractivity contribution in [2.75, 3.05) is 88.6 Å². The maximum absolute atomic E-state index is 5.62. The number of hydrogen-bond acceptors (Lipinski definition) is 14. The van der Waals surface area contributed by atoms with Crippen LogP contribution < -0.4 is 9.80 Å². The van der Waals surface area contributed by atoms with Crippen LogP contribution in [0, 0.1) is 0 Å². The molecule has 0 bridgehead atoms. The van der Waals surface area contributed by atoms with Crippen LogP contribution in [0.4, 0.5) is 11.6 Å². The Kier molecular flexibility index (Phi) is 12.9. The third-order valence-electron chi connectivity index (χ3n) is 15.2. The first-order valence-electron chi connectivity index (χ1n) is 26.2. The maximum Gasteiger partial charge on any atom is 0.164 e. The van der Waals surface area contributed by atoms with E-state index in [1.54, 1.807) is 0 Å². The average Bonchev–Trinajstić information content (AvgIpc) is 4.31. The number of fused-ring (bicyclic) bond motifs is 4. The number of pyridine rings is 2. The summed E-state index contributed by atoms with van der Waals surface area (Å²) in [5.41, 5.74) is 8.63. The van der Waals surface area contributed by atoms with E-state index in [2.05, 4.69) is 110 Å². The molecule has 4 fully saturated rings. The summed E-state index contributed by atoms with van der Waals surface area (Å²) >= 11 is 0. The number of piperidine rings is 2. The maximum atomic E-state index is 5.62. The molecule has 8 aromatic heterocycles. The second kappa shape index (κ2) is 20.7. The van der Waals surface area contributed by atoms with E-state index < -0.39 is 0 Å². The summed E-state index contributed by atoms with van der Waals surface area (Å²) in [5, 5.41) is 14.1. The number of nitrogens with one attached hydrogen (secondary N) is 2. The molecule has 2 aromatic carbocycles. The highest BCUT2D eigenvalue weighted by Gasteiger charge is 2.29. The SMILES string of the molecule is c1cncc(CN2CCC(n3ncc4c(N5CCOCC5)nc(-c5ccc6[nH]ccc6c5)nc43)CC2)c1.c1cncc(CN2CCC(n3ncc4c(N5CCOCC5)nc(-c5ccc6[nH]ccc6c5)nc43)CC2)c1. The summed E-state index contributed by atoms with van der Waals surface area (Å²) in [5.74, 6) is 3.40. The first-order chi connectivity index (χ1) is 36.6. The van der Waals surface area contributed by atoms with Gasteiger partial charge in [0.15, 0.2) is 22.9 Å². The molecule has 74 heavy (non-hydrogen) atoms. The lowest BCUT2D eigenvalue weighted by atomic mass is 10.0. The van der Waals surface area contributed by atoms with Crippen molar-refractivity contribution in [1.82, 2.24) is 69.2 Å². The molecule has 4 aliphatic rings. The van der Waals surface area contributed by atoms with Crippen LogP contribution in [-0.4, -0.2) is 148 Å². The Balaban J connectivity index is 0.000000143. The highest BCUT2D eigenvalue weighted by Crippen LogP contribution is 2.35. The summed E-state index contributed by atoms with van der Waals surface area (Å²) in [6, 6.07) is 25.8. The van der Waals surface area contributed by atoms with E-state index in [4.69, 9.17) is 39.6 Å². The summed E-state index contributed by atoms with van der Waals surface area (Å²) in [6.07, 6.45) is 19.6. The largest absolute Gasteiger partial charge is 0.378 e. The van der Waals surface area contributed by atoms with Gasteiger partial charge in [-0.05, 0) is 97.5 Å². The normalized spacial score (nSPS) is 17.7. The minimum atomic E-state index is 0.315. The van der Waals surface area contributed by atoms with E-state index >= 15 is 0 Å². The van der Waals surface area contributed by atoms with Gasteiger partial charge in [0.05, 0.1) is 61.7 Å². The Morgan fingerprint density at radius 2 is 0.932 bits per heavy atom. The lowest BCUT2D eigenvalue weighted by molar-refractivity contribution is 0.122. The van der Waals surface area contributed by atoms with Gasteiger partial charge in [0, 0.05) is 136 Å². The minimum Gasteiger partial charge on any atom is -0.378 e. The lowest BCUT2D eigenvalue weighted by Gasteiger charge is -2.32. The predicted molar refractivity (Wildman–Crippen MR) is 287 cm³/mol. The topological polar surface area (TPSA) is 176 Å². The van der Waals surface area contributed by atoms with Crippen LogP contribution in [0.2, 0.25) is 0 Å². The quantitative estimate of drug-likeness (QED) is 0.134. The molecule has 14 rings (SSSR count). The summed E-state index contributed by atoms with van der Waals surface area (Å²) in [7, 11) is 0. The summed E-state index contributed by atoms with van der Waals surface area (Å²) in [6.45, 7) is 12.1. The number of rotatable bonds is 10. The highest BCUT2D eigenvalue weighted by molar-refractivity contribution is 5.92. The zero-order valence-corrected chi connectivity index (χ0v) is 41.5. The Hall–Kier alpha value is -7.64. The van der Waals surface area contributed by atoms with E-state index in [0.717, 1.165) is 169 Å². The molecule has 0 aliphatic carbocycles. The molecule has 0 radical (unpaired) electrons. The van der Waals surface area contributed by atoms with Gasteiger partial charge in [-0.1, -0.05) is 12.1 Å². The average molecular weight is 989 g/mol. The fraction of sp³-hybridized carbons (Fsp3) is 0.357. The second-order valence-corrected chi connectivity index (χ2v) is 19.9. The Morgan fingerprint density at radius 1 is 0.486 bits per heavy atom. The van der Waals surface area contributed by atoms with E-state index in [0.29, 0.717) is 38.5 Å². The van der Waals surface area contributed by atoms with Crippen LogP contribution in [0.25, 0.3) is 66.6 Å². The van der Waals surface area contributed by atoms with E-state index in [1.807, 2.05) is 61.7 Å². The van der Waals surface area contributed by atoms with Gasteiger partial charge in [-0.2, -0.15) is 10.2 Å². The third-order valence-corrected chi connectivity index (χ3v) is 15.2. The predicted octanol–water partition coefficient (Wildman–Crippen LogP) is 8.09. The monoisotopic (exact) mass is 989 g/mol. The smallest absolute Gasteiger partial charge is 0.164 e. The molecule has 2 N–H and O–H groups in total. The number of aromatic nitrogens is 12. The van der Waals surface area contributed by atoms with Gasteiger partial charge in [-0.15, -0.1) is 0 Å². The van der Waals surface area contributed by atoms with Crippen molar-refractivity contribution in [2.45, 2.75) is 50.9 Å². The summed E-state index contributed by atoms with van der Waals surface area (Å²) in [4.78, 5) is 45.1. The van der Waals surface area contributed by atoms with Crippen molar-refractivity contribution in [3.63, 3.8) is 0 Å². The van der Waals surface area contributed by atoms with Crippen LogP contribution >= 0.6 is 0 Å². The zero-order chi connectivity index (χ0) is 49.2. The number of anilines is 2. The molecule has 12 heterocycles. The van der Waals surface area contributed by atoms with Crippen molar-refractivity contribution in [3.05, 3.63) is 133 Å². The van der Waals surface area contributed by atoms with Gasteiger partial charge in [-0.3, -0.25) is 19.8 Å². The number of hydrogen-bond donors (Lipinski definition) is 2. The van der Waals surface area contributed by atoms with Crippen molar-refractivity contribution in [3.8, 4) is 22.8 Å². The molecule has 0 atom stereocenters. The molecule has 376 valence electrons. The standard InChI is InChI=1S/2C28H30N8O/c2*1-2-20(17-29-8-1)19-34-10-6-23(7-11-34)36-28-24(18-31-36)27(35-12-14-37-15-13-35)32-26(33-28)22-3-4-25-21(16-22)5-9-30-25/h2*1-5,8-9,16-18,23,30H,6-7,10-15,19H2. The first-order valence-corrected chi connectivity index (χ1v) is 26.2. The van der Waals surface area contributed by atoms with Crippen LogP contribution in [0.1, 0.15) is 48.9 Å². The van der Waals surface area contributed by atoms with Crippen molar-refractivity contribution in [2.24, 2.45) is 0 Å². The number of nitrogens with zero attached hydrogens (tertiary/aromatic N) is 14. The molecule has 0 amide bonds. The Bertz CT molecular complexity index is 3260. The van der Waals surface area contributed by atoms with Crippen LogP contribution in [0.5, 0.6) is 0 Å². The van der Waals surface area contributed by atoms with Crippen LogP contribution in [-0.2, 0) is 22.6 Å². The molecule has 0 unspecified atom stereocenters. The number of aromatic amines is 2. The van der Waals surface area contributed by atoms with E-state index in [9.17, 15) is 0 Å². The molecule has 18 heteroatoms. The molecule has 0 saturated carbocycles. The molecular formula is C56H60N16O2. The van der Waals surface area contributed by atoms with Gasteiger partial charge in [0.1, 0.15) is 11.6 Å². The van der Waals surface area contributed by atoms with Gasteiger partial charge in [-0.25, -0.2) is 29.3 Å². The molecule has 10 aromatic rings. The first kappa shape index (κ1) is 46.2. The number of likely N-dealkylation sites (tertiary alicyclic amines) is 2. The zero-order valence-electron chi connectivity index (χ0n) is 41.5. The molecule has 0 spiro atoms. The Labute approximate surface area is 428 Å². The fourth-order valence-electron chi connectivity index (χ4n) is 11.2. The van der Waals surface area contributed by atoms with Gasteiger partial charge >= 0.3 is 0 Å². The molecular weight excluding hydrogens is 929 g/mol. The second-order valence-electron chi connectivity index (χ2n) is 19.9. The van der Waals surface area contributed by atoms with Crippen LogP contribution in [0.15, 0.2) is 122 Å². The number of morpholine rings is 2. The molecule has 4 aliphatic heterocycles. The van der Waals surface area contributed by atoms with Gasteiger partial charge < -0.3 is 29.2 Å². The highest BCUT2D eigenvalue weighted by atomic mass is 16.5. The molecule has 4 saturated heterocycles. The molecule has 18 nitrogen and oxygen atoms in total. The lowest BCUT2D eigenvalue weighted by Crippen LogP contribution is -2.37.